The summed E-state index contributed by atoms with van der Waals surface area (Å²) in [5, 5.41) is 2.68. The van der Waals surface area contributed by atoms with Crippen molar-refractivity contribution in [2.24, 2.45) is 17.8 Å². The minimum Gasteiger partial charge on any atom is -0.485 e. The van der Waals surface area contributed by atoms with Crippen LogP contribution in [0.5, 0.6) is 0 Å². The third-order valence-corrected chi connectivity index (χ3v) is 13.1. The first kappa shape index (κ1) is 28.1. The van der Waals surface area contributed by atoms with Gasteiger partial charge in [0.05, 0.1) is 11.0 Å². The maximum absolute atomic E-state index is 6.80. The first-order chi connectivity index (χ1) is 25.1. The van der Waals surface area contributed by atoms with E-state index in [-0.39, 0.29) is 11.5 Å². The van der Waals surface area contributed by atoms with Crippen LogP contribution in [0.4, 0.5) is 0 Å². The highest BCUT2D eigenvalue weighted by Crippen LogP contribution is 2.59. The van der Waals surface area contributed by atoms with E-state index in [0.717, 1.165) is 18.6 Å². The molecule has 1 aliphatic heterocycles. The highest BCUT2D eigenvalue weighted by atomic mass is 16.5. The molecule has 2 heterocycles. The van der Waals surface area contributed by atoms with Crippen LogP contribution in [0.1, 0.15) is 54.5 Å². The molecule has 0 N–H and O–H groups in total. The third kappa shape index (κ3) is 3.53. The number of para-hydroxylation sites is 1. The van der Waals surface area contributed by atoms with Crippen LogP contribution in [-0.4, -0.2) is 10.7 Å². The number of benzene rings is 4. The molecule has 5 aromatic rings. The first-order valence-corrected chi connectivity index (χ1v) is 18.6. The normalized spacial score (nSPS) is 25.6. The molecule has 1 aromatic heterocycles. The topological polar surface area (TPSA) is 14.2 Å². The second-order valence-corrected chi connectivity index (χ2v) is 15.8. The predicted molar refractivity (Wildman–Crippen MR) is 210 cm³/mol. The van der Waals surface area contributed by atoms with Crippen molar-refractivity contribution in [3.8, 4) is 5.69 Å². The molecule has 0 fully saturated rings. The van der Waals surface area contributed by atoms with Gasteiger partial charge in [0.25, 0.3) is 0 Å². The Morgan fingerprint density at radius 2 is 1.49 bits per heavy atom. The lowest BCUT2D eigenvalue weighted by Crippen LogP contribution is -2.24. The van der Waals surface area contributed by atoms with Crippen molar-refractivity contribution in [1.29, 1.82) is 0 Å². The number of nitrogens with zero attached hydrogens (tertiary/aromatic N) is 1. The van der Waals surface area contributed by atoms with E-state index in [1.165, 1.54) is 88.7 Å². The largest absolute Gasteiger partial charge is 0.485 e. The summed E-state index contributed by atoms with van der Waals surface area (Å²) in [6, 6.07) is 32.0. The SMILES string of the molecule is CC1(C)C2=C(c3ccc4c(c31)c1ccccc1n4-c1ccc(C3=CC=C4c5ccccc5C5=CC=CC3C54)cc1)C1OC3=C(CCC=C3)C1C=C2. The fraction of sp³-hybridized carbons (Fsp3) is 0.184. The van der Waals surface area contributed by atoms with E-state index in [1.54, 1.807) is 0 Å². The Balaban J connectivity index is 0.976. The number of ether oxygens (including phenoxy) is 1. The van der Waals surface area contributed by atoms with Gasteiger partial charge in [0, 0.05) is 45.2 Å². The highest BCUT2D eigenvalue weighted by Gasteiger charge is 2.48. The zero-order valence-corrected chi connectivity index (χ0v) is 28.9. The van der Waals surface area contributed by atoms with Gasteiger partial charge in [-0.05, 0) is 98.9 Å². The molecule has 0 amide bonds. The summed E-state index contributed by atoms with van der Waals surface area (Å²) in [7, 11) is 0. The molecule has 4 unspecified atom stereocenters. The molecule has 0 radical (unpaired) electrons. The molecule has 4 atom stereocenters. The molecule has 0 bridgehead atoms. The second-order valence-electron chi connectivity index (χ2n) is 15.8. The molecule has 4 aromatic carbocycles. The molecule has 12 rings (SSSR count). The van der Waals surface area contributed by atoms with Gasteiger partial charge in [-0.25, -0.2) is 0 Å². The van der Waals surface area contributed by atoms with Gasteiger partial charge in [0.1, 0.15) is 11.9 Å². The minimum absolute atomic E-state index is 0.0561. The van der Waals surface area contributed by atoms with Gasteiger partial charge in [-0.2, -0.15) is 0 Å². The van der Waals surface area contributed by atoms with Crippen molar-refractivity contribution >= 4 is 44.1 Å². The molecular formula is C49H37NO. The predicted octanol–water partition coefficient (Wildman–Crippen LogP) is 11.7. The van der Waals surface area contributed by atoms with Crippen LogP contribution >= 0.6 is 0 Å². The van der Waals surface area contributed by atoms with Gasteiger partial charge >= 0.3 is 0 Å². The molecule has 2 nitrogen and oxygen atoms in total. The summed E-state index contributed by atoms with van der Waals surface area (Å²) in [6.07, 6.45) is 23.4. The lowest BCUT2D eigenvalue weighted by atomic mass is 9.72. The van der Waals surface area contributed by atoms with E-state index in [9.17, 15) is 0 Å². The zero-order chi connectivity index (χ0) is 33.6. The average Bonchev–Trinajstić information content (AvgIpc) is 3.88. The summed E-state index contributed by atoms with van der Waals surface area (Å²) in [5.74, 6) is 2.17. The molecule has 244 valence electrons. The number of rotatable bonds is 2. The summed E-state index contributed by atoms with van der Waals surface area (Å²) >= 11 is 0. The molecule has 51 heavy (non-hydrogen) atoms. The van der Waals surface area contributed by atoms with E-state index in [1.807, 2.05) is 0 Å². The molecular weight excluding hydrogens is 619 g/mol. The number of hydrogen-bond acceptors (Lipinski definition) is 1. The van der Waals surface area contributed by atoms with Crippen LogP contribution in [0.25, 0.3) is 49.8 Å². The van der Waals surface area contributed by atoms with Crippen LogP contribution in [0.2, 0.25) is 0 Å². The van der Waals surface area contributed by atoms with Crippen molar-refractivity contribution in [3.05, 3.63) is 184 Å². The van der Waals surface area contributed by atoms with Gasteiger partial charge < -0.3 is 9.30 Å². The van der Waals surface area contributed by atoms with Crippen molar-refractivity contribution in [3.63, 3.8) is 0 Å². The lowest BCUT2D eigenvalue weighted by molar-refractivity contribution is 0.181. The Kier molecular flexibility index (Phi) is 5.40. The third-order valence-electron chi connectivity index (χ3n) is 13.1. The van der Waals surface area contributed by atoms with Crippen molar-refractivity contribution < 1.29 is 4.74 Å². The molecule has 0 saturated carbocycles. The van der Waals surface area contributed by atoms with Crippen molar-refractivity contribution in [2.45, 2.75) is 38.2 Å². The van der Waals surface area contributed by atoms with E-state index in [4.69, 9.17) is 4.74 Å². The average molecular weight is 656 g/mol. The molecule has 2 heteroatoms. The zero-order valence-electron chi connectivity index (χ0n) is 28.9. The van der Waals surface area contributed by atoms with Crippen molar-refractivity contribution in [2.75, 3.05) is 0 Å². The first-order valence-electron chi connectivity index (χ1n) is 18.6. The quantitative estimate of drug-likeness (QED) is 0.185. The van der Waals surface area contributed by atoms with Crippen LogP contribution in [0, 0.1) is 17.8 Å². The fourth-order valence-corrected chi connectivity index (χ4v) is 10.9. The molecule has 7 aliphatic rings. The van der Waals surface area contributed by atoms with Crippen LogP contribution < -0.4 is 0 Å². The van der Waals surface area contributed by atoms with E-state index in [2.05, 4.69) is 158 Å². The van der Waals surface area contributed by atoms with E-state index < -0.39 is 0 Å². The van der Waals surface area contributed by atoms with Gasteiger partial charge in [-0.3, -0.25) is 0 Å². The fourth-order valence-electron chi connectivity index (χ4n) is 10.9. The monoisotopic (exact) mass is 655 g/mol. The summed E-state index contributed by atoms with van der Waals surface area (Å²) in [5.41, 5.74) is 19.0. The number of fused-ring (bicyclic) bond motifs is 12. The Labute approximate surface area is 298 Å². The van der Waals surface area contributed by atoms with Gasteiger partial charge in [0.15, 0.2) is 0 Å². The van der Waals surface area contributed by atoms with Gasteiger partial charge in [-0.1, -0.05) is 123 Å². The Hall–Kier alpha value is -5.60. The Morgan fingerprint density at radius 3 is 2.35 bits per heavy atom. The second kappa shape index (κ2) is 9.80. The minimum atomic E-state index is -0.146. The molecule has 0 spiro atoms. The lowest BCUT2D eigenvalue weighted by Gasteiger charge is -2.31. The standard InChI is InChI=1S/C49H37NO/c1-49(2)40-26-24-37-33-12-6-8-17-43(33)51-48(37)45(40)39-25-27-42-46(47(39)49)38-13-5-7-16-41(38)50(42)29-20-18-28(19-21-29)30-22-23-36-32-11-4-3-10-31(32)35-15-9-14-34(30)44(35)36/h3-5,7-11,13-27,34,37,44,48H,6,12H2,1-2H3. The maximum Gasteiger partial charge on any atom is 0.135 e. The van der Waals surface area contributed by atoms with Gasteiger partial charge in [0.2, 0.25) is 0 Å². The summed E-state index contributed by atoms with van der Waals surface area (Å²) < 4.78 is 9.28. The van der Waals surface area contributed by atoms with Crippen LogP contribution in [-0.2, 0) is 10.2 Å². The molecule has 0 saturated heterocycles. The number of allylic oxidation sites excluding steroid dienone is 12. The van der Waals surface area contributed by atoms with Gasteiger partial charge in [-0.15, -0.1) is 0 Å². The van der Waals surface area contributed by atoms with E-state index >= 15 is 0 Å². The highest BCUT2D eigenvalue weighted by molar-refractivity contribution is 6.14. The molecule has 6 aliphatic carbocycles. The maximum atomic E-state index is 6.80. The number of aromatic nitrogens is 1. The smallest absolute Gasteiger partial charge is 0.135 e. The number of hydrogen-bond donors (Lipinski definition) is 0. The van der Waals surface area contributed by atoms with Crippen molar-refractivity contribution in [1.82, 2.24) is 4.57 Å². The van der Waals surface area contributed by atoms with Crippen LogP contribution in [0.15, 0.2) is 157 Å². The summed E-state index contributed by atoms with van der Waals surface area (Å²) in [6.45, 7) is 4.84. The Morgan fingerprint density at radius 1 is 0.706 bits per heavy atom. The Bertz CT molecular complexity index is 2690. The van der Waals surface area contributed by atoms with Crippen LogP contribution in [0.3, 0.4) is 0 Å². The van der Waals surface area contributed by atoms with E-state index in [0.29, 0.717) is 17.8 Å². The summed E-state index contributed by atoms with van der Waals surface area (Å²) in [4.78, 5) is 0.